The fourth-order valence-corrected chi connectivity index (χ4v) is 5.68. The summed E-state index contributed by atoms with van der Waals surface area (Å²) in [7, 11) is -4.13. The highest BCUT2D eigenvalue weighted by atomic mass is 79.9. The molecule has 208 valence electrons. The second-order valence-corrected chi connectivity index (χ2v) is 12.5. The third-order valence-electron chi connectivity index (χ3n) is 6.27. The van der Waals surface area contributed by atoms with Gasteiger partial charge >= 0.3 is 0 Å². The molecule has 3 aromatic carbocycles. The number of hydrogen-bond donors (Lipinski definition) is 1. The lowest BCUT2D eigenvalue weighted by molar-refractivity contribution is -0.139. The molecule has 0 heterocycles. The van der Waals surface area contributed by atoms with Crippen LogP contribution in [-0.4, -0.2) is 44.3 Å². The lowest BCUT2D eigenvalue weighted by atomic mass is 10.1. The Bertz CT molecular complexity index is 1370. The predicted octanol–water partition coefficient (Wildman–Crippen LogP) is 5.94. The van der Waals surface area contributed by atoms with Crippen molar-refractivity contribution in [3.63, 3.8) is 0 Å². The molecule has 0 aromatic heterocycles. The van der Waals surface area contributed by atoms with E-state index < -0.39 is 28.5 Å². The second kappa shape index (κ2) is 14.0. The maximum Gasteiger partial charge on any atom is 0.264 e. The van der Waals surface area contributed by atoms with Gasteiger partial charge < -0.3 is 10.2 Å². The third kappa shape index (κ3) is 8.30. The molecule has 1 unspecified atom stereocenters. The van der Waals surface area contributed by atoms with Crippen molar-refractivity contribution in [1.82, 2.24) is 10.2 Å². The fourth-order valence-electron chi connectivity index (χ4n) is 3.88. The molecule has 7 nitrogen and oxygen atoms in total. The molecule has 0 fully saturated rings. The third-order valence-corrected chi connectivity index (χ3v) is 8.83. The highest BCUT2D eigenvalue weighted by Gasteiger charge is 2.32. The van der Waals surface area contributed by atoms with E-state index in [4.69, 9.17) is 11.6 Å². The Morgan fingerprint density at radius 1 is 0.974 bits per heavy atom. The van der Waals surface area contributed by atoms with Crippen molar-refractivity contribution in [2.24, 2.45) is 0 Å². The van der Waals surface area contributed by atoms with Gasteiger partial charge in [-0.3, -0.25) is 13.9 Å². The number of halogens is 2. The smallest absolute Gasteiger partial charge is 0.264 e. The molecule has 1 atom stereocenters. The standard InChI is InChI=1S/C29H33BrClN3O4S/c1-4-5-18-32-29(36)22(3)33(19-23-8-10-24(30)11-9-23)28(35)20-34(26-14-6-21(2)7-15-26)39(37,38)27-16-12-25(31)13-17-27/h6-17,22H,4-5,18-20H2,1-3H3,(H,32,36). The number of nitrogens with one attached hydrogen (secondary N) is 1. The Balaban J connectivity index is 1.98. The number of carbonyl (C=O) groups is 2. The predicted molar refractivity (Wildman–Crippen MR) is 159 cm³/mol. The summed E-state index contributed by atoms with van der Waals surface area (Å²) in [5.74, 6) is -0.800. The number of amides is 2. The van der Waals surface area contributed by atoms with Gasteiger partial charge in [-0.2, -0.15) is 0 Å². The highest BCUT2D eigenvalue weighted by molar-refractivity contribution is 9.10. The molecule has 0 bridgehead atoms. The molecule has 0 aliphatic carbocycles. The van der Waals surface area contributed by atoms with E-state index in [1.165, 1.54) is 29.2 Å². The molecule has 10 heteroatoms. The van der Waals surface area contributed by atoms with E-state index in [2.05, 4.69) is 21.2 Å². The van der Waals surface area contributed by atoms with Gasteiger partial charge in [-0.1, -0.05) is 70.7 Å². The molecule has 2 amide bonds. The summed E-state index contributed by atoms with van der Waals surface area (Å²) in [6.45, 7) is 5.72. The van der Waals surface area contributed by atoms with Crippen LogP contribution in [0.1, 0.15) is 37.8 Å². The minimum absolute atomic E-state index is 0.00471. The van der Waals surface area contributed by atoms with Gasteiger partial charge in [-0.15, -0.1) is 0 Å². The molecule has 0 aliphatic rings. The van der Waals surface area contributed by atoms with Crippen molar-refractivity contribution in [3.05, 3.63) is 93.4 Å². The van der Waals surface area contributed by atoms with E-state index in [1.807, 2.05) is 38.1 Å². The number of hydrogen-bond acceptors (Lipinski definition) is 4. The lowest BCUT2D eigenvalue weighted by Crippen LogP contribution is -2.51. The molecule has 0 saturated carbocycles. The summed E-state index contributed by atoms with van der Waals surface area (Å²) in [5.41, 5.74) is 2.10. The summed E-state index contributed by atoms with van der Waals surface area (Å²) in [6.07, 6.45) is 1.74. The topological polar surface area (TPSA) is 86.8 Å². The fraction of sp³-hybridized carbons (Fsp3) is 0.310. The van der Waals surface area contributed by atoms with Gasteiger partial charge in [0.2, 0.25) is 11.8 Å². The van der Waals surface area contributed by atoms with E-state index in [0.717, 1.165) is 32.7 Å². The summed E-state index contributed by atoms with van der Waals surface area (Å²) in [6, 6.07) is 19.3. The molecule has 0 saturated heterocycles. The summed E-state index contributed by atoms with van der Waals surface area (Å²) in [4.78, 5) is 28.3. The van der Waals surface area contributed by atoms with E-state index in [0.29, 0.717) is 17.3 Å². The van der Waals surface area contributed by atoms with E-state index in [1.54, 1.807) is 31.2 Å². The van der Waals surface area contributed by atoms with Crippen LogP contribution < -0.4 is 9.62 Å². The average Bonchev–Trinajstić information content (AvgIpc) is 2.91. The molecule has 0 radical (unpaired) electrons. The first-order chi connectivity index (χ1) is 18.5. The van der Waals surface area contributed by atoms with E-state index in [9.17, 15) is 18.0 Å². The number of nitrogens with zero attached hydrogens (tertiary/aromatic N) is 2. The molecule has 3 aromatic rings. The Morgan fingerprint density at radius 3 is 2.18 bits per heavy atom. The molecule has 1 N–H and O–H groups in total. The van der Waals surface area contributed by atoms with Gasteiger partial charge in [0.05, 0.1) is 10.6 Å². The molecular formula is C29H33BrClN3O4S. The Kier molecular flexibility index (Phi) is 11.0. The number of anilines is 1. The SMILES string of the molecule is CCCCNC(=O)C(C)N(Cc1ccc(Br)cc1)C(=O)CN(c1ccc(C)cc1)S(=O)(=O)c1ccc(Cl)cc1. The van der Waals surface area contributed by atoms with Crippen molar-refractivity contribution >= 4 is 55.1 Å². The van der Waals surface area contributed by atoms with Gasteiger partial charge in [0.15, 0.2) is 0 Å². The first-order valence-electron chi connectivity index (χ1n) is 12.7. The first kappa shape index (κ1) is 30.7. The number of benzene rings is 3. The Hall–Kier alpha value is -2.88. The van der Waals surface area contributed by atoms with Crippen LogP contribution in [0.5, 0.6) is 0 Å². The lowest BCUT2D eigenvalue weighted by Gasteiger charge is -2.32. The minimum Gasteiger partial charge on any atom is -0.354 e. The van der Waals surface area contributed by atoms with Crippen LogP contribution in [0.25, 0.3) is 0 Å². The summed E-state index contributed by atoms with van der Waals surface area (Å²) >= 11 is 9.40. The van der Waals surface area contributed by atoms with Crippen LogP contribution in [0.15, 0.2) is 82.2 Å². The van der Waals surface area contributed by atoms with Gasteiger partial charge in [0.25, 0.3) is 10.0 Å². The van der Waals surface area contributed by atoms with Crippen molar-refractivity contribution < 1.29 is 18.0 Å². The zero-order valence-electron chi connectivity index (χ0n) is 22.2. The van der Waals surface area contributed by atoms with E-state index >= 15 is 0 Å². The zero-order valence-corrected chi connectivity index (χ0v) is 25.4. The van der Waals surface area contributed by atoms with Crippen LogP contribution in [0.2, 0.25) is 5.02 Å². The van der Waals surface area contributed by atoms with Crippen molar-refractivity contribution in [2.75, 3.05) is 17.4 Å². The molecule has 0 spiro atoms. The average molecular weight is 635 g/mol. The van der Waals surface area contributed by atoms with Crippen LogP contribution in [-0.2, 0) is 26.2 Å². The van der Waals surface area contributed by atoms with Crippen LogP contribution in [0.3, 0.4) is 0 Å². The highest BCUT2D eigenvalue weighted by Crippen LogP contribution is 2.26. The van der Waals surface area contributed by atoms with Crippen molar-refractivity contribution in [2.45, 2.75) is 51.1 Å². The quantitative estimate of drug-likeness (QED) is 0.250. The minimum atomic E-state index is -4.13. The summed E-state index contributed by atoms with van der Waals surface area (Å²) < 4.78 is 29.5. The Labute approximate surface area is 244 Å². The van der Waals surface area contributed by atoms with Gasteiger partial charge in [0, 0.05) is 22.6 Å². The van der Waals surface area contributed by atoms with Gasteiger partial charge in [-0.05, 0) is 74.4 Å². The number of sulfonamides is 1. The number of carbonyl (C=O) groups excluding carboxylic acids is 2. The van der Waals surface area contributed by atoms with E-state index in [-0.39, 0.29) is 17.3 Å². The molecule has 39 heavy (non-hydrogen) atoms. The maximum atomic E-state index is 13.9. The normalized spacial score (nSPS) is 12.0. The van der Waals surface area contributed by atoms with Crippen LogP contribution in [0, 0.1) is 6.92 Å². The van der Waals surface area contributed by atoms with Crippen molar-refractivity contribution in [1.29, 1.82) is 0 Å². The molecule has 3 rings (SSSR count). The monoisotopic (exact) mass is 633 g/mol. The van der Waals surface area contributed by atoms with Gasteiger partial charge in [0.1, 0.15) is 12.6 Å². The zero-order chi connectivity index (χ0) is 28.6. The van der Waals surface area contributed by atoms with Crippen LogP contribution in [0.4, 0.5) is 5.69 Å². The molecular weight excluding hydrogens is 602 g/mol. The number of unbranched alkanes of at least 4 members (excludes halogenated alkanes) is 1. The summed E-state index contributed by atoms with van der Waals surface area (Å²) in [5, 5.41) is 3.28. The van der Waals surface area contributed by atoms with Crippen molar-refractivity contribution in [3.8, 4) is 0 Å². The number of aryl methyl sites for hydroxylation is 1. The van der Waals surface area contributed by atoms with Gasteiger partial charge in [-0.25, -0.2) is 8.42 Å². The first-order valence-corrected chi connectivity index (χ1v) is 15.3. The number of rotatable bonds is 12. The molecule has 0 aliphatic heterocycles. The largest absolute Gasteiger partial charge is 0.354 e. The van der Waals surface area contributed by atoms with Crippen LogP contribution >= 0.6 is 27.5 Å². The maximum absolute atomic E-state index is 13.9. The second-order valence-electron chi connectivity index (χ2n) is 9.27. The Morgan fingerprint density at radius 2 is 1.59 bits per heavy atom.